The summed E-state index contributed by atoms with van der Waals surface area (Å²) in [4.78, 5) is 7.53. The highest BCUT2D eigenvalue weighted by molar-refractivity contribution is 7.09. The molecule has 0 saturated heterocycles. The van der Waals surface area contributed by atoms with E-state index in [1.807, 2.05) is 10.8 Å². The molecule has 0 saturated carbocycles. The summed E-state index contributed by atoms with van der Waals surface area (Å²) in [5, 5.41) is 8.20. The van der Waals surface area contributed by atoms with Crippen molar-refractivity contribution in [3.05, 3.63) is 39.0 Å². The maximum absolute atomic E-state index is 6.07. The van der Waals surface area contributed by atoms with Crippen LogP contribution in [0.3, 0.4) is 0 Å². The van der Waals surface area contributed by atoms with Crippen LogP contribution in [0, 0.1) is 0 Å². The number of hydrogen-bond acceptors (Lipinski definition) is 3. The Hall–Kier alpha value is -1.23. The van der Waals surface area contributed by atoms with Gasteiger partial charge in [0.1, 0.15) is 5.52 Å². The van der Waals surface area contributed by atoms with Crippen LogP contribution in [0.1, 0.15) is 0 Å². The Bertz CT molecular complexity index is 625. The SMILES string of the molecule is Clc1cccc(Cl)c1Nc1nc2cscc2[nH]1. The second-order valence-corrected chi connectivity index (χ2v) is 5.04. The predicted molar refractivity (Wildman–Crippen MR) is 73.7 cm³/mol. The maximum atomic E-state index is 6.07. The lowest BCUT2D eigenvalue weighted by Gasteiger charge is -2.06. The van der Waals surface area contributed by atoms with E-state index in [4.69, 9.17) is 23.2 Å². The molecule has 0 amide bonds. The number of rotatable bonds is 2. The second kappa shape index (κ2) is 4.22. The summed E-state index contributed by atoms with van der Waals surface area (Å²) < 4.78 is 0. The van der Waals surface area contributed by atoms with E-state index < -0.39 is 0 Å². The Morgan fingerprint density at radius 2 is 1.94 bits per heavy atom. The van der Waals surface area contributed by atoms with Crippen molar-refractivity contribution in [1.82, 2.24) is 9.97 Å². The van der Waals surface area contributed by atoms with Gasteiger partial charge in [0.05, 0.1) is 21.2 Å². The molecule has 3 rings (SSSR count). The fraction of sp³-hybridized carbons (Fsp3) is 0. The highest BCUT2D eigenvalue weighted by Crippen LogP contribution is 2.32. The summed E-state index contributed by atoms with van der Waals surface area (Å²) >= 11 is 13.7. The largest absolute Gasteiger partial charge is 0.323 e. The number of aromatic nitrogens is 2. The average molecular weight is 284 g/mol. The van der Waals surface area contributed by atoms with Crippen LogP contribution in [0.5, 0.6) is 0 Å². The monoisotopic (exact) mass is 283 g/mol. The van der Waals surface area contributed by atoms with E-state index in [1.54, 1.807) is 29.5 Å². The van der Waals surface area contributed by atoms with Gasteiger partial charge in [0, 0.05) is 10.8 Å². The van der Waals surface area contributed by atoms with Crippen molar-refractivity contribution in [2.75, 3.05) is 5.32 Å². The number of benzene rings is 1. The molecule has 0 aliphatic rings. The number of halogens is 2. The number of fused-ring (bicyclic) bond motifs is 1. The minimum absolute atomic E-state index is 0.566. The number of thiophene rings is 1. The molecule has 3 nitrogen and oxygen atoms in total. The Kier molecular flexibility index (Phi) is 2.70. The van der Waals surface area contributed by atoms with E-state index >= 15 is 0 Å². The molecule has 86 valence electrons. The molecule has 0 aliphatic heterocycles. The fourth-order valence-electron chi connectivity index (χ4n) is 1.54. The number of imidazole rings is 1. The third kappa shape index (κ3) is 1.99. The first kappa shape index (κ1) is 10.9. The van der Waals surface area contributed by atoms with Gasteiger partial charge < -0.3 is 10.3 Å². The molecular formula is C11H7Cl2N3S. The van der Waals surface area contributed by atoms with Crippen LogP contribution < -0.4 is 5.32 Å². The number of aromatic amines is 1. The van der Waals surface area contributed by atoms with Crippen LogP contribution in [0.15, 0.2) is 29.0 Å². The first-order valence-electron chi connectivity index (χ1n) is 4.87. The molecule has 6 heteroatoms. The summed E-state index contributed by atoms with van der Waals surface area (Å²) in [7, 11) is 0. The number of hydrogen-bond donors (Lipinski definition) is 2. The summed E-state index contributed by atoms with van der Waals surface area (Å²) in [6, 6.07) is 5.36. The van der Waals surface area contributed by atoms with E-state index in [9.17, 15) is 0 Å². The molecule has 0 spiro atoms. The molecule has 2 heterocycles. The van der Waals surface area contributed by atoms with Crippen molar-refractivity contribution in [3.8, 4) is 0 Å². The third-order valence-corrected chi connectivity index (χ3v) is 3.69. The number of H-pyrrole nitrogens is 1. The molecule has 0 unspecified atom stereocenters. The Morgan fingerprint density at radius 3 is 2.65 bits per heavy atom. The Labute approximate surface area is 111 Å². The molecule has 2 aromatic heterocycles. The quantitative estimate of drug-likeness (QED) is 0.717. The Morgan fingerprint density at radius 1 is 1.18 bits per heavy atom. The lowest BCUT2D eigenvalue weighted by atomic mass is 10.3. The second-order valence-electron chi connectivity index (χ2n) is 3.48. The third-order valence-electron chi connectivity index (χ3n) is 2.33. The Balaban J connectivity index is 1.99. The van der Waals surface area contributed by atoms with Crippen molar-refractivity contribution < 1.29 is 0 Å². The van der Waals surface area contributed by atoms with Gasteiger partial charge in [-0.15, -0.1) is 11.3 Å². The fourth-order valence-corrected chi connectivity index (χ4v) is 2.73. The van der Waals surface area contributed by atoms with Crippen LogP contribution in [0.2, 0.25) is 10.0 Å². The molecule has 3 aromatic rings. The lowest BCUT2D eigenvalue weighted by molar-refractivity contribution is 1.31. The van der Waals surface area contributed by atoms with Crippen LogP contribution in [0.4, 0.5) is 11.6 Å². The van der Waals surface area contributed by atoms with Crippen LogP contribution >= 0.6 is 34.5 Å². The topological polar surface area (TPSA) is 40.7 Å². The summed E-state index contributed by atoms with van der Waals surface area (Å²) in [5.41, 5.74) is 2.59. The molecular weight excluding hydrogens is 277 g/mol. The average Bonchev–Trinajstić information content (AvgIpc) is 2.83. The first-order chi connectivity index (χ1) is 8.24. The van der Waals surface area contributed by atoms with E-state index in [1.165, 1.54) is 0 Å². The van der Waals surface area contributed by atoms with Gasteiger partial charge in [-0.1, -0.05) is 29.3 Å². The van der Waals surface area contributed by atoms with E-state index in [0.29, 0.717) is 21.7 Å². The molecule has 0 atom stereocenters. The minimum Gasteiger partial charge on any atom is -0.323 e. The summed E-state index contributed by atoms with van der Waals surface area (Å²) in [5.74, 6) is 0.637. The van der Waals surface area contributed by atoms with E-state index in [-0.39, 0.29) is 0 Å². The van der Waals surface area contributed by atoms with Gasteiger partial charge in [0.15, 0.2) is 0 Å². The summed E-state index contributed by atoms with van der Waals surface area (Å²) in [6.07, 6.45) is 0. The molecule has 2 N–H and O–H groups in total. The standard InChI is InChI=1S/C11H7Cl2N3S/c12-6-2-1-3-7(13)10(6)16-11-14-8-4-17-5-9(8)15-11/h1-5H,(H2,14,15,16). The van der Waals surface area contributed by atoms with Gasteiger partial charge in [0.2, 0.25) is 5.95 Å². The number of para-hydroxylation sites is 1. The van der Waals surface area contributed by atoms with Gasteiger partial charge in [-0.3, -0.25) is 0 Å². The number of nitrogens with zero attached hydrogens (tertiary/aromatic N) is 1. The molecule has 0 bridgehead atoms. The van der Waals surface area contributed by atoms with Crippen LogP contribution in [-0.2, 0) is 0 Å². The number of anilines is 2. The zero-order chi connectivity index (χ0) is 11.8. The van der Waals surface area contributed by atoms with Gasteiger partial charge in [-0.05, 0) is 12.1 Å². The van der Waals surface area contributed by atoms with Crippen molar-refractivity contribution in [3.63, 3.8) is 0 Å². The zero-order valence-corrected chi connectivity index (χ0v) is 10.8. The zero-order valence-electron chi connectivity index (χ0n) is 8.50. The molecule has 0 aliphatic carbocycles. The minimum atomic E-state index is 0.566. The molecule has 0 radical (unpaired) electrons. The maximum Gasteiger partial charge on any atom is 0.205 e. The molecule has 0 fully saturated rings. The van der Waals surface area contributed by atoms with Crippen LogP contribution in [0.25, 0.3) is 11.0 Å². The predicted octanol–water partition coefficient (Wildman–Crippen LogP) is 4.67. The van der Waals surface area contributed by atoms with Gasteiger partial charge in [-0.25, -0.2) is 4.98 Å². The highest BCUT2D eigenvalue weighted by Gasteiger charge is 2.08. The van der Waals surface area contributed by atoms with Gasteiger partial charge in [0.25, 0.3) is 0 Å². The van der Waals surface area contributed by atoms with E-state index in [0.717, 1.165) is 11.0 Å². The van der Waals surface area contributed by atoms with Crippen LogP contribution in [-0.4, -0.2) is 9.97 Å². The number of nitrogens with one attached hydrogen (secondary N) is 2. The first-order valence-corrected chi connectivity index (χ1v) is 6.57. The van der Waals surface area contributed by atoms with Crippen molar-refractivity contribution in [2.45, 2.75) is 0 Å². The lowest BCUT2D eigenvalue weighted by Crippen LogP contribution is -1.94. The summed E-state index contributed by atoms with van der Waals surface area (Å²) in [6.45, 7) is 0. The van der Waals surface area contributed by atoms with E-state index in [2.05, 4.69) is 15.3 Å². The molecule has 17 heavy (non-hydrogen) atoms. The van der Waals surface area contributed by atoms with Gasteiger partial charge in [-0.2, -0.15) is 0 Å². The smallest absolute Gasteiger partial charge is 0.205 e. The normalized spacial score (nSPS) is 10.9. The van der Waals surface area contributed by atoms with Crippen molar-refractivity contribution in [1.29, 1.82) is 0 Å². The highest BCUT2D eigenvalue weighted by atomic mass is 35.5. The van der Waals surface area contributed by atoms with Crippen molar-refractivity contribution in [2.24, 2.45) is 0 Å². The molecule has 1 aromatic carbocycles. The van der Waals surface area contributed by atoms with Crippen molar-refractivity contribution >= 4 is 57.2 Å². The van der Waals surface area contributed by atoms with Gasteiger partial charge >= 0.3 is 0 Å².